The number of aromatic nitrogens is 3. The summed E-state index contributed by atoms with van der Waals surface area (Å²) in [5.41, 5.74) is 0.580. The van der Waals surface area contributed by atoms with Gasteiger partial charge in [0.1, 0.15) is 16.6 Å². The van der Waals surface area contributed by atoms with Crippen molar-refractivity contribution in [3.05, 3.63) is 72.0 Å². The minimum absolute atomic E-state index is 0.00498. The first-order chi connectivity index (χ1) is 17.9. The predicted molar refractivity (Wildman–Crippen MR) is 145 cm³/mol. The molecular weight excluding hydrogens is 558 g/mol. The first kappa shape index (κ1) is 25.9. The van der Waals surface area contributed by atoms with E-state index in [9.17, 15) is 31.7 Å². The monoisotopic (exact) mass is 575 g/mol. The van der Waals surface area contributed by atoms with Crippen LogP contribution in [0.5, 0.6) is 5.75 Å². The molecule has 7 N–H and O–H groups in total. The summed E-state index contributed by atoms with van der Waals surface area (Å²) >= 11 is 6.09. The van der Waals surface area contributed by atoms with E-state index in [4.69, 9.17) is 11.6 Å². The Kier molecular flexibility index (Phi) is 6.48. The molecule has 38 heavy (non-hydrogen) atoms. The van der Waals surface area contributed by atoms with Gasteiger partial charge in [-0.25, -0.2) is 0 Å². The van der Waals surface area contributed by atoms with Gasteiger partial charge >= 0.3 is 0 Å². The second-order valence-electron chi connectivity index (χ2n) is 8.07. The molecule has 15 heteroatoms. The highest BCUT2D eigenvalue weighted by Crippen LogP contribution is 2.48. The Labute approximate surface area is 221 Å². The Morgan fingerprint density at radius 3 is 2.05 bits per heavy atom. The summed E-state index contributed by atoms with van der Waals surface area (Å²) in [6.45, 7) is 0. The fourth-order valence-corrected chi connectivity index (χ4v) is 5.08. The number of rotatable bonds is 6. The van der Waals surface area contributed by atoms with E-state index in [0.717, 1.165) is 35.0 Å². The molecule has 196 valence electrons. The van der Waals surface area contributed by atoms with E-state index in [2.05, 4.69) is 25.6 Å². The number of hydrogen-bond donors (Lipinski definition) is 7. The van der Waals surface area contributed by atoms with E-state index >= 15 is 0 Å². The maximum Gasteiger partial charge on any atom is 0.294 e. The van der Waals surface area contributed by atoms with Crippen LogP contribution in [-0.2, 0) is 10.1 Å². The number of nitrogens with zero attached hydrogens (tertiary/aromatic N) is 3. The quantitative estimate of drug-likeness (QED) is 0.119. The van der Waals surface area contributed by atoms with Crippen molar-refractivity contribution in [2.45, 2.75) is 9.79 Å². The lowest BCUT2D eigenvalue weighted by molar-refractivity contribution is 0.375. The van der Waals surface area contributed by atoms with Crippen LogP contribution < -0.4 is 10.6 Å². The van der Waals surface area contributed by atoms with Crippen LogP contribution >= 0.6 is 22.5 Å². The molecular formula is C23H18ClN5O7S2. The lowest BCUT2D eigenvalue weighted by Crippen LogP contribution is -2.06. The Balaban J connectivity index is 1.57. The summed E-state index contributed by atoms with van der Waals surface area (Å²) in [6, 6.07) is 17.3. The van der Waals surface area contributed by atoms with E-state index in [-0.39, 0.29) is 33.6 Å². The van der Waals surface area contributed by atoms with E-state index in [1.54, 1.807) is 0 Å². The summed E-state index contributed by atoms with van der Waals surface area (Å²) in [4.78, 5) is 11.2. The second kappa shape index (κ2) is 9.52. The van der Waals surface area contributed by atoms with E-state index < -0.39 is 36.5 Å². The van der Waals surface area contributed by atoms with Gasteiger partial charge in [0.05, 0.1) is 15.5 Å². The molecule has 0 bridgehead atoms. The van der Waals surface area contributed by atoms with Crippen LogP contribution in [0, 0.1) is 0 Å². The minimum Gasteiger partial charge on any atom is -0.507 e. The smallest absolute Gasteiger partial charge is 0.294 e. The van der Waals surface area contributed by atoms with Crippen LogP contribution in [0.1, 0.15) is 0 Å². The van der Waals surface area contributed by atoms with Crippen molar-refractivity contribution in [1.29, 1.82) is 0 Å². The van der Waals surface area contributed by atoms with Gasteiger partial charge in [0.15, 0.2) is 0 Å². The van der Waals surface area contributed by atoms with E-state index in [0.29, 0.717) is 5.69 Å². The van der Waals surface area contributed by atoms with Gasteiger partial charge in [0.2, 0.25) is 17.2 Å². The average Bonchev–Trinajstić information content (AvgIpc) is 2.82. The van der Waals surface area contributed by atoms with Gasteiger partial charge in [-0.1, -0.05) is 30.3 Å². The fourth-order valence-electron chi connectivity index (χ4n) is 3.82. The first-order valence-corrected chi connectivity index (χ1v) is 13.9. The maximum absolute atomic E-state index is 11.9. The van der Waals surface area contributed by atoms with Crippen molar-refractivity contribution in [2.75, 3.05) is 10.6 Å². The molecule has 0 amide bonds. The molecule has 0 spiro atoms. The summed E-state index contributed by atoms with van der Waals surface area (Å²) in [5.74, 6) is -0.624. The number of phenolic OH excluding ortho intramolecular Hbond substituents is 1. The van der Waals surface area contributed by atoms with Crippen molar-refractivity contribution in [2.24, 2.45) is 0 Å². The third kappa shape index (κ3) is 5.41. The van der Waals surface area contributed by atoms with Crippen LogP contribution in [0.3, 0.4) is 0 Å². The van der Waals surface area contributed by atoms with Gasteiger partial charge in [0, 0.05) is 11.1 Å². The molecule has 4 aromatic carbocycles. The molecule has 1 aromatic heterocycles. The SMILES string of the molecule is O=S(=O)(O)c1cc(Nc2nc(Cl)nc(Nc3ccc4ccccc4c3)n2)c2c(O)cc(S(O)(O)O)cc2c1. The predicted octanol–water partition coefficient (Wildman–Crippen LogP) is 5.85. The highest BCUT2D eigenvalue weighted by atomic mass is 35.5. The molecule has 5 rings (SSSR count). The normalized spacial score (nSPS) is 12.6. The zero-order chi connectivity index (χ0) is 27.2. The van der Waals surface area contributed by atoms with Gasteiger partial charge in [-0.3, -0.25) is 4.55 Å². The number of aromatic hydroxyl groups is 1. The molecule has 0 atom stereocenters. The molecule has 0 aliphatic carbocycles. The molecule has 0 unspecified atom stereocenters. The molecule has 0 radical (unpaired) electrons. The molecule has 0 saturated carbocycles. The number of hydrogen-bond acceptors (Lipinski definition) is 11. The van der Waals surface area contributed by atoms with Crippen LogP contribution in [0.2, 0.25) is 5.28 Å². The van der Waals surface area contributed by atoms with Crippen molar-refractivity contribution in [3.8, 4) is 5.75 Å². The van der Waals surface area contributed by atoms with Crippen LogP contribution in [0.4, 0.5) is 23.3 Å². The Bertz CT molecular complexity index is 1830. The zero-order valence-electron chi connectivity index (χ0n) is 18.9. The topological polar surface area (TPSA) is 198 Å². The van der Waals surface area contributed by atoms with E-state index in [1.807, 2.05) is 42.5 Å². The van der Waals surface area contributed by atoms with Gasteiger partial charge in [0.25, 0.3) is 10.1 Å². The third-order valence-corrected chi connectivity index (χ3v) is 7.32. The summed E-state index contributed by atoms with van der Waals surface area (Å²) in [7, 11) is -8.98. The number of halogens is 1. The average molecular weight is 576 g/mol. The standard InChI is InChI=1S/C23H18ClN5O7S2/c24-21-27-22(25-15-6-5-12-3-1-2-4-13(12)7-15)29-23(28-21)26-18-10-16(37(31,32)33)8-14-9-17(38(34,35)36)11-19(30)20(14)18/h1-11,30,34-36H,(H,31,32,33)(H2,25,26,27,28,29). The van der Waals surface area contributed by atoms with E-state index in [1.165, 1.54) is 0 Å². The van der Waals surface area contributed by atoms with Crippen LogP contribution in [0.25, 0.3) is 21.5 Å². The third-order valence-electron chi connectivity index (χ3n) is 5.45. The number of fused-ring (bicyclic) bond motifs is 2. The summed E-state index contributed by atoms with van der Waals surface area (Å²) < 4.78 is 62.2. The first-order valence-electron chi connectivity index (χ1n) is 10.6. The highest BCUT2D eigenvalue weighted by Gasteiger charge is 2.22. The maximum atomic E-state index is 11.9. The number of nitrogens with one attached hydrogen (secondary N) is 2. The van der Waals surface area contributed by atoms with Crippen LogP contribution in [-0.4, -0.2) is 46.7 Å². The highest BCUT2D eigenvalue weighted by molar-refractivity contribution is 8.19. The summed E-state index contributed by atoms with van der Waals surface area (Å²) in [6.07, 6.45) is 0. The molecule has 0 aliphatic heterocycles. The lowest BCUT2D eigenvalue weighted by Gasteiger charge is -2.21. The summed E-state index contributed by atoms with van der Waals surface area (Å²) in [5, 5.41) is 18.1. The fraction of sp³-hybridized carbons (Fsp3) is 0. The Morgan fingerprint density at radius 2 is 1.37 bits per heavy atom. The largest absolute Gasteiger partial charge is 0.507 e. The lowest BCUT2D eigenvalue weighted by atomic mass is 10.1. The Hall–Kier alpha value is -3.76. The number of benzene rings is 4. The van der Waals surface area contributed by atoms with Crippen molar-refractivity contribution in [1.82, 2.24) is 15.0 Å². The van der Waals surface area contributed by atoms with Crippen molar-refractivity contribution >= 4 is 77.4 Å². The molecule has 1 heterocycles. The molecule has 5 aromatic rings. The molecule has 0 saturated heterocycles. The molecule has 0 aliphatic rings. The minimum atomic E-state index is -4.74. The molecule has 0 fully saturated rings. The number of anilines is 4. The van der Waals surface area contributed by atoms with Gasteiger partial charge in [-0.15, -0.1) is 0 Å². The van der Waals surface area contributed by atoms with Gasteiger partial charge < -0.3 is 29.4 Å². The van der Waals surface area contributed by atoms with Crippen molar-refractivity contribution in [3.63, 3.8) is 0 Å². The Morgan fingerprint density at radius 1 is 0.711 bits per heavy atom. The number of phenols is 1. The van der Waals surface area contributed by atoms with Crippen molar-refractivity contribution < 1.29 is 31.7 Å². The zero-order valence-corrected chi connectivity index (χ0v) is 21.3. The molecule has 12 nitrogen and oxygen atoms in total. The second-order valence-corrected chi connectivity index (χ2v) is 11.3. The van der Waals surface area contributed by atoms with Gasteiger partial charge in [-0.2, -0.15) is 23.4 Å². The van der Waals surface area contributed by atoms with Gasteiger partial charge in [-0.05, 0) is 64.2 Å². The van der Waals surface area contributed by atoms with Crippen LogP contribution in [0.15, 0.2) is 76.5 Å².